The Morgan fingerprint density at radius 1 is 1.11 bits per heavy atom. The lowest BCUT2D eigenvalue weighted by atomic mass is 10.2. The van der Waals surface area contributed by atoms with Gasteiger partial charge in [-0.25, -0.2) is 4.98 Å². The van der Waals surface area contributed by atoms with Crippen molar-refractivity contribution in [3.8, 4) is 11.5 Å². The summed E-state index contributed by atoms with van der Waals surface area (Å²) in [5.74, 6) is 1.22. The summed E-state index contributed by atoms with van der Waals surface area (Å²) in [6.45, 7) is 5.82. The average molecular weight is 400 g/mol. The molecule has 148 valence electrons. The summed E-state index contributed by atoms with van der Waals surface area (Å²) in [6.07, 6.45) is 0. The van der Waals surface area contributed by atoms with Crippen LogP contribution in [0.2, 0.25) is 0 Å². The van der Waals surface area contributed by atoms with Gasteiger partial charge in [0.05, 0.1) is 36.5 Å². The minimum absolute atomic E-state index is 0.0878. The van der Waals surface area contributed by atoms with Gasteiger partial charge in [0.25, 0.3) is 0 Å². The van der Waals surface area contributed by atoms with Gasteiger partial charge in [0.1, 0.15) is 5.01 Å². The van der Waals surface area contributed by atoms with Crippen LogP contribution in [-0.4, -0.2) is 42.6 Å². The molecule has 1 N–H and O–H groups in total. The smallest absolute Gasteiger partial charge is 0.238 e. The van der Waals surface area contributed by atoms with E-state index in [9.17, 15) is 4.79 Å². The van der Waals surface area contributed by atoms with Crippen LogP contribution in [0, 0.1) is 0 Å². The van der Waals surface area contributed by atoms with Gasteiger partial charge in [0.15, 0.2) is 11.5 Å². The second kappa shape index (κ2) is 9.52. The summed E-state index contributed by atoms with van der Waals surface area (Å²) in [5, 5.41) is 3.92. The number of nitrogens with one attached hydrogen (secondary N) is 1. The number of ether oxygens (including phenoxy) is 2. The maximum atomic E-state index is 12.4. The molecule has 0 aliphatic carbocycles. The molecule has 0 bridgehead atoms. The van der Waals surface area contributed by atoms with Crippen molar-refractivity contribution in [3.05, 3.63) is 47.5 Å². The van der Waals surface area contributed by atoms with Crippen molar-refractivity contribution in [1.82, 2.24) is 9.88 Å². The van der Waals surface area contributed by atoms with Crippen molar-refractivity contribution in [1.29, 1.82) is 0 Å². The van der Waals surface area contributed by atoms with E-state index in [1.165, 1.54) is 0 Å². The zero-order valence-corrected chi connectivity index (χ0v) is 17.2. The zero-order chi connectivity index (χ0) is 19.9. The maximum Gasteiger partial charge on any atom is 0.238 e. The lowest BCUT2D eigenvalue weighted by Gasteiger charge is -2.16. The molecule has 0 radical (unpaired) electrons. The number of thiazole rings is 1. The van der Waals surface area contributed by atoms with Gasteiger partial charge in [0.2, 0.25) is 5.91 Å². The molecule has 2 aromatic carbocycles. The molecule has 1 amide bonds. The number of aromatic nitrogens is 1. The first-order valence-corrected chi connectivity index (χ1v) is 10.1. The fourth-order valence-corrected chi connectivity index (χ4v) is 3.90. The summed E-state index contributed by atoms with van der Waals surface area (Å²) in [7, 11) is 1.91. The number of carbonyl (C=O) groups excluding carboxylic acids is 1. The van der Waals surface area contributed by atoms with E-state index in [-0.39, 0.29) is 12.5 Å². The Hall–Kier alpha value is -2.64. The van der Waals surface area contributed by atoms with E-state index < -0.39 is 0 Å². The second-order valence-corrected chi connectivity index (χ2v) is 7.44. The molecule has 3 aromatic rings. The number of nitrogens with zero attached hydrogens (tertiary/aromatic N) is 2. The Balaban J connectivity index is 1.59. The van der Waals surface area contributed by atoms with Gasteiger partial charge in [-0.2, -0.15) is 0 Å². The summed E-state index contributed by atoms with van der Waals surface area (Å²) >= 11 is 1.66. The molecule has 1 heterocycles. The predicted octanol–water partition coefficient (Wildman–Crippen LogP) is 4.16. The van der Waals surface area contributed by atoms with Gasteiger partial charge in [0, 0.05) is 11.8 Å². The fourth-order valence-electron chi connectivity index (χ4n) is 2.85. The van der Waals surface area contributed by atoms with Gasteiger partial charge in [-0.15, -0.1) is 11.3 Å². The normalized spacial score (nSPS) is 11.0. The number of hydrogen-bond acceptors (Lipinski definition) is 6. The molecular weight excluding hydrogens is 374 g/mol. The lowest BCUT2D eigenvalue weighted by molar-refractivity contribution is -0.117. The molecule has 0 aliphatic rings. The Labute approximate surface area is 169 Å². The number of hydrogen-bond donors (Lipinski definition) is 1. The van der Waals surface area contributed by atoms with E-state index in [1.54, 1.807) is 17.4 Å². The summed E-state index contributed by atoms with van der Waals surface area (Å²) in [5.41, 5.74) is 1.68. The average Bonchev–Trinajstić information content (AvgIpc) is 3.06. The summed E-state index contributed by atoms with van der Waals surface area (Å²) < 4.78 is 12.3. The minimum Gasteiger partial charge on any atom is -0.490 e. The van der Waals surface area contributed by atoms with E-state index in [0.29, 0.717) is 36.9 Å². The van der Waals surface area contributed by atoms with E-state index >= 15 is 0 Å². The third kappa shape index (κ3) is 5.21. The molecule has 0 unspecified atom stereocenters. The van der Waals surface area contributed by atoms with Crippen molar-refractivity contribution in [2.24, 2.45) is 0 Å². The number of rotatable bonds is 9. The SMILES string of the molecule is CCOc1ccc(NC(=O)CN(C)Cc2nc3ccccc3s2)cc1OCC. The quantitative estimate of drug-likeness (QED) is 0.585. The molecule has 1 aromatic heterocycles. The standard InChI is InChI=1S/C21H25N3O3S/c1-4-26-17-11-10-15(12-18(17)27-5-2)22-20(25)13-24(3)14-21-23-16-8-6-7-9-19(16)28-21/h6-12H,4-5,13-14H2,1-3H3,(H,22,25). The molecule has 0 aliphatic heterocycles. The first kappa shape index (κ1) is 20.1. The Kier molecular flexibility index (Phi) is 6.84. The zero-order valence-electron chi connectivity index (χ0n) is 16.4. The van der Waals surface area contributed by atoms with Crippen molar-refractivity contribution in [3.63, 3.8) is 0 Å². The molecule has 0 atom stereocenters. The Morgan fingerprint density at radius 3 is 2.61 bits per heavy atom. The summed E-state index contributed by atoms with van der Waals surface area (Å²) in [4.78, 5) is 19.0. The Bertz CT molecular complexity index is 909. The lowest BCUT2D eigenvalue weighted by Crippen LogP contribution is -2.29. The monoisotopic (exact) mass is 399 g/mol. The third-order valence-electron chi connectivity index (χ3n) is 3.98. The third-order valence-corrected chi connectivity index (χ3v) is 5.01. The van der Waals surface area contributed by atoms with Crippen LogP contribution in [0.15, 0.2) is 42.5 Å². The predicted molar refractivity (Wildman–Crippen MR) is 113 cm³/mol. The van der Waals surface area contributed by atoms with Crippen LogP contribution in [0.1, 0.15) is 18.9 Å². The largest absolute Gasteiger partial charge is 0.490 e. The molecule has 0 fully saturated rings. The van der Waals surface area contributed by atoms with Crippen LogP contribution in [0.25, 0.3) is 10.2 Å². The minimum atomic E-state index is -0.0878. The topological polar surface area (TPSA) is 63.7 Å². The number of para-hydroxylation sites is 1. The van der Waals surface area contributed by atoms with Crippen LogP contribution in [0.4, 0.5) is 5.69 Å². The highest BCUT2D eigenvalue weighted by Gasteiger charge is 2.12. The van der Waals surface area contributed by atoms with Crippen LogP contribution in [0.3, 0.4) is 0 Å². The van der Waals surface area contributed by atoms with Crippen LogP contribution >= 0.6 is 11.3 Å². The fraction of sp³-hybridized carbons (Fsp3) is 0.333. The number of likely N-dealkylation sites (N-methyl/N-ethyl adjacent to an activating group) is 1. The van der Waals surface area contributed by atoms with Crippen molar-refractivity contribution in [2.75, 3.05) is 32.1 Å². The van der Waals surface area contributed by atoms with Gasteiger partial charge in [-0.05, 0) is 45.2 Å². The van der Waals surface area contributed by atoms with E-state index in [2.05, 4.69) is 16.4 Å². The van der Waals surface area contributed by atoms with Gasteiger partial charge >= 0.3 is 0 Å². The van der Waals surface area contributed by atoms with E-state index in [0.717, 1.165) is 15.2 Å². The number of carbonyl (C=O) groups is 1. The molecule has 28 heavy (non-hydrogen) atoms. The van der Waals surface area contributed by atoms with Crippen molar-refractivity contribution >= 4 is 33.1 Å². The van der Waals surface area contributed by atoms with Crippen LogP contribution in [0.5, 0.6) is 11.5 Å². The Morgan fingerprint density at radius 2 is 1.86 bits per heavy atom. The van der Waals surface area contributed by atoms with Gasteiger partial charge in [-0.1, -0.05) is 12.1 Å². The molecule has 3 rings (SSSR count). The molecular formula is C21H25N3O3S. The summed E-state index contributed by atoms with van der Waals surface area (Å²) in [6, 6.07) is 13.5. The number of amides is 1. The number of anilines is 1. The van der Waals surface area contributed by atoms with E-state index in [4.69, 9.17) is 9.47 Å². The molecule has 0 saturated carbocycles. The van der Waals surface area contributed by atoms with Crippen molar-refractivity contribution < 1.29 is 14.3 Å². The van der Waals surface area contributed by atoms with Crippen molar-refractivity contribution in [2.45, 2.75) is 20.4 Å². The molecule has 6 nitrogen and oxygen atoms in total. The second-order valence-electron chi connectivity index (χ2n) is 6.32. The first-order valence-electron chi connectivity index (χ1n) is 9.31. The van der Waals surface area contributed by atoms with Gasteiger partial charge < -0.3 is 14.8 Å². The highest BCUT2D eigenvalue weighted by molar-refractivity contribution is 7.18. The first-order chi connectivity index (χ1) is 13.6. The van der Waals surface area contributed by atoms with Gasteiger partial charge in [-0.3, -0.25) is 9.69 Å². The highest BCUT2D eigenvalue weighted by Crippen LogP contribution is 2.30. The maximum absolute atomic E-state index is 12.4. The number of fused-ring (bicyclic) bond motifs is 1. The molecule has 0 saturated heterocycles. The molecule has 7 heteroatoms. The number of benzene rings is 2. The highest BCUT2D eigenvalue weighted by atomic mass is 32.1. The van der Waals surface area contributed by atoms with Crippen LogP contribution in [-0.2, 0) is 11.3 Å². The van der Waals surface area contributed by atoms with E-state index in [1.807, 2.05) is 56.1 Å². The molecule has 0 spiro atoms. The van der Waals surface area contributed by atoms with Crippen LogP contribution < -0.4 is 14.8 Å².